The topological polar surface area (TPSA) is 70.1 Å². The van der Waals surface area contributed by atoms with E-state index in [9.17, 15) is 14.7 Å². The minimum Gasteiger partial charge on any atom is -0.480 e. The molecule has 0 bridgehead atoms. The van der Waals surface area contributed by atoms with E-state index in [4.69, 9.17) is 4.74 Å². The number of hydrogen-bond acceptors (Lipinski definition) is 4. The Kier molecular flexibility index (Phi) is 5.11. The first-order chi connectivity index (χ1) is 12.0. The van der Waals surface area contributed by atoms with E-state index in [1.54, 1.807) is 4.90 Å². The van der Waals surface area contributed by atoms with Gasteiger partial charge in [0.05, 0.1) is 12.5 Å². The molecule has 1 amide bonds. The summed E-state index contributed by atoms with van der Waals surface area (Å²) < 4.78 is 5.97. The molecule has 0 aliphatic carbocycles. The summed E-state index contributed by atoms with van der Waals surface area (Å²) in [6, 6.07) is 8.68. The molecule has 2 atom stereocenters. The van der Waals surface area contributed by atoms with Gasteiger partial charge in [-0.05, 0) is 19.0 Å². The lowest BCUT2D eigenvalue weighted by molar-refractivity contribution is -0.166. The molecule has 2 aliphatic heterocycles. The maximum Gasteiger partial charge on any atom is 0.328 e. The highest BCUT2D eigenvalue weighted by molar-refractivity contribution is 5.89. The zero-order chi connectivity index (χ0) is 18.0. The van der Waals surface area contributed by atoms with Gasteiger partial charge in [-0.25, -0.2) is 4.79 Å². The summed E-state index contributed by atoms with van der Waals surface area (Å²) in [6.45, 7) is 3.61. The maximum absolute atomic E-state index is 13.4. The number of carboxylic acid groups (broad SMARTS) is 1. The highest BCUT2D eigenvalue weighted by atomic mass is 16.5. The second-order valence-corrected chi connectivity index (χ2v) is 6.99. The number of hydrogen-bond donors (Lipinski definition) is 1. The van der Waals surface area contributed by atoms with Gasteiger partial charge in [0.25, 0.3) is 0 Å². The summed E-state index contributed by atoms with van der Waals surface area (Å²) >= 11 is 0. The molecule has 6 heteroatoms. The summed E-state index contributed by atoms with van der Waals surface area (Å²) in [7, 11) is 2.03. The molecular weight excluding hydrogens is 320 g/mol. The van der Waals surface area contributed by atoms with Gasteiger partial charge in [-0.3, -0.25) is 9.69 Å². The molecule has 1 N–H and O–H groups in total. The molecule has 25 heavy (non-hydrogen) atoms. The first-order valence-electron chi connectivity index (χ1n) is 8.92. The number of rotatable bonds is 4. The van der Waals surface area contributed by atoms with Gasteiger partial charge in [0.2, 0.25) is 5.91 Å². The molecule has 0 saturated carbocycles. The second-order valence-electron chi connectivity index (χ2n) is 6.99. The predicted molar refractivity (Wildman–Crippen MR) is 93.2 cm³/mol. The Morgan fingerprint density at radius 2 is 1.92 bits per heavy atom. The Balaban J connectivity index is 1.93. The fourth-order valence-electron chi connectivity index (χ4n) is 3.96. The van der Waals surface area contributed by atoms with E-state index in [2.05, 4.69) is 4.90 Å². The highest BCUT2D eigenvalue weighted by Gasteiger charge is 2.54. The van der Waals surface area contributed by atoms with Crippen molar-refractivity contribution in [1.29, 1.82) is 0 Å². The van der Waals surface area contributed by atoms with Crippen LogP contribution in [0.4, 0.5) is 0 Å². The van der Waals surface area contributed by atoms with Gasteiger partial charge in [0.15, 0.2) is 6.04 Å². The normalized spacial score (nSPS) is 24.4. The average Bonchev–Trinajstić information content (AvgIpc) is 2.98. The van der Waals surface area contributed by atoms with E-state index in [-0.39, 0.29) is 18.4 Å². The van der Waals surface area contributed by atoms with Crippen molar-refractivity contribution in [3.8, 4) is 0 Å². The molecule has 136 valence electrons. The molecule has 6 nitrogen and oxygen atoms in total. The first-order valence-corrected chi connectivity index (χ1v) is 8.92. The molecule has 2 saturated heterocycles. The van der Waals surface area contributed by atoms with E-state index in [1.807, 2.05) is 44.3 Å². The fraction of sp³-hybridized carbons (Fsp3) is 0.579. The summed E-state index contributed by atoms with van der Waals surface area (Å²) in [5.41, 5.74) is 0.142. The van der Waals surface area contributed by atoms with Crippen molar-refractivity contribution in [3.63, 3.8) is 0 Å². The number of aliphatic carboxylic acids is 1. The third kappa shape index (κ3) is 3.28. The van der Waals surface area contributed by atoms with Crippen LogP contribution >= 0.6 is 0 Å². The lowest BCUT2D eigenvalue weighted by Crippen LogP contribution is -2.58. The summed E-state index contributed by atoms with van der Waals surface area (Å²) in [5, 5.41) is 9.64. The quantitative estimate of drug-likeness (QED) is 0.902. The van der Waals surface area contributed by atoms with Crippen LogP contribution in [0.2, 0.25) is 0 Å². The van der Waals surface area contributed by atoms with Crippen molar-refractivity contribution in [3.05, 3.63) is 35.9 Å². The smallest absolute Gasteiger partial charge is 0.328 e. The molecule has 2 fully saturated rings. The molecule has 1 aromatic carbocycles. The third-order valence-corrected chi connectivity index (χ3v) is 5.46. The van der Waals surface area contributed by atoms with E-state index in [0.717, 1.165) is 18.7 Å². The molecule has 2 heterocycles. The number of carboxylic acids is 1. The van der Waals surface area contributed by atoms with Crippen LogP contribution in [0, 0.1) is 0 Å². The van der Waals surface area contributed by atoms with Crippen molar-refractivity contribution in [2.24, 2.45) is 0 Å². The van der Waals surface area contributed by atoms with Crippen molar-refractivity contribution in [2.45, 2.75) is 43.9 Å². The summed E-state index contributed by atoms with van der Waals surface area (Å²) in [5.74, 6) is -1.48. The predicted octanol–water partition coefficient (Wildman–Crippen LogP) is 1.91. The minimum absolute atomic E-state index is 0.0655. The maximum atomic E-state index is 13.4. The molecule has 0 aromatic heterocycles. The van der Waals surface area contributed by atoms with Gasteiger partial charge < -0.3 is 14.7 Å². The Morgan fingerprint density at radius 1 is 1.28 bits per heavy atom. The van der Waals surface area contributed by atoms with Crippen LogP contribution in [0.25, 0.3) is 0 Å². The Bertz CT molecular complexity index is 626. The molecule has 1 aromatic rings. The van der Waals surface area contributed by atoms with Gasteiger partial charge in [0, 0.05) is 25.9 Å². The average molecular weight is 346 g/mol. The number of benzene rings is 1. The van der Waals surface area contributed by atoms with E-state index in [1.165, 1.54) is 0 Å². The SMILES string of the molecule is CC[C@H](C(=O)N1[C@@H](C(=O)O)COC12CCN(C)CC2)c1ccccc1. The number of nitrogens with zero attached hydrogens (tertiary/aromatic N) is 2. The van der Waals surface area contributed by atoms with Crippen LogP contribution in [0.15, 0.2) is 30.3 Å². The Hall–Kier alpha value is -1.92. The van der Waals surface area contributed by atoms with E-state index < -0.39 is 17.7 Å². The number of carbonyl (C=O) groups excluding carboxylic acids is 1. The van der Waals surface area contributed by atoms with Gasteiger partial charge in [-0.1, -0.05) is 37.3 Å². The van der Waals surface area contributed by atoms with E-state index >= 15 is 0 Å². The number of amides is 1. The van der Waals surface area contributed by atoms with Crippen LogP contribution in [0.1, 0.15) is 37.7 Å². The van der Waals surface area contributed by atoms with Crippen LogP contribution in [-0.4, -0.2) is 65.3 Å². The van der Waals surface area contributed by atoms with Crippen LogP contribution in [0.5, 0.6) is 0 Å². The third-order valence-electron chi connectivity index (χ3n) is 5.46. The molecular formula is C19H26N2O4. The van der Waals surface area contributed by atoms with E-state index in [0.29, 0.717) is 19.3 Å². The standard InChI is InChI=1S/C19H26N2O4/c1-3-15(14-7-5-4-6-8-14)17(22)21-16(18(23)24)13-25-19(21)9-11-20(2)12-10-19/h4-8,15-16H,3,9-13H2,1-2H3,(H,23,24)/t15-,16+/m0/s1. The summed E-state index contributed by atoms with van der Waals surface area (Å²) in [4.78, 5) is 28.9. The Morgan fingerprint density at radius 3 is 2.48 bits per heavy atom. The lowest BCUT2D eigenvalue weighted by Gasteiger charge is -2.44. The van der Waals surface area contributed by atoms with Crippen LogP contribution in [-0.2, 0) is 14.3 Å². The monoisotopic (exact) mass is 346 g/mol. The molecule has 3 rings (SSSR count). The fourth-order valence-corrected chi connectivity index (χ4v) is 3.96. The zero-order valence-corrected chi connectivity index (χ0v) is 14.9. The zero-order valence-electron chi connectivity index (χ0n) is 14.9. The van der Waals surface area contributed by atoms with Crippen molar-refractivity contribution in [1.82, 2.24) is 9.80 Å². The summed E-state index contributed by atoms with van der Waals surface area (Å²) in [6.07, 6.45) is 1.91. The number of carbonyl (C=O) groups is 2. The number of ether oxygens (including phenoxy) is 1. The number of piperidine rings is 1. The van der Waals surface area contributed by atoms with Gasteiger partial charge in [0.1, 0.15) is 5.72 Å². The van der Waals surface area contributed by atoms with Crippen molar-refractivity contribution < 1.29 is 19.4 Å². The molecule has 0 unspecified atom stereocenters. The molecule has 1 spiro atoms. The second kappa shape index (κ2) is 7.14. The van der Waals surface area contributed by atoms with Crippen LogP contribution in [0.3, 0.4) is 0 Å². The highest BCUT2D eigenvalue weighted by Crippen LogP contribution is 2.39. The molecule has 0 radical (unpaired) electrons. The van der Waals surface area contributed by atoms with Crippen LogP contribution < -0.4 is 0 Å². The van der Waals surface area contributed by atoms with Crippen molar-refractivity contribution in [2.75, 3.05) is 26.7 Å². The van der Waals surface area contributed by atoms with Gasteiger partial charge in [-0.15, -0.1) is 0 Å². The first kappa shape index (κ1) is 17.9. The Labute approximate surface area is 148 Å². The minimum atomic E-state index is -0.993. The van der Waals surface area contributed by atoms with Gasteiger partial charge >= 0.3 is 5.97 Å². The van der Waals surface area contributed by atoms with Crippen molar-refractivity contribution >= 4 is 11.9 Å². The lowest BCUT2D eigenvalue weighted by atomic mass is 9.91. The van der Waals surface area contributed by atoms with Gasteiger partial charge in [-0.2, -0.15) is 0 Å². The molecule has 2 aliphatic rings. The largest absolute Gasteiger partial charge is 0.480 e. The number of likely N-dealkylation sites (tertiary alicyclic amines) is 1.